The number of ether oxygens (including phenoxy) is 1. The topological polar surface area (TPSA) is 44.1 Å². The fraction of sp³-hybridized carbons (Fsp3) is 0.400. The lowest BCUT2D eigenvalue weighted by Gasteiger charge is -1.97. The normalized spacial score (nSPS) is 11.6. The molecule has 0 unspecified atom stereocenters. The zero-order valence-corrected chi connectivity index (χ0v) is 8.87. The van der Waals surface area contributed by atoms with E-state index < -0.39 is 0 Å². The first-order valence-electron chi connectivity index (χ1n) is 4.31. The van der Waals surface area contributed by atoms with E-state index in [0.29, 0.717) is 0 Å². The van der Waals surface area contributed by atoms with Crippen molar-refractivity contribution in [3.05, 3.63) is 23.5 Å². The van der Waals surface area contributed by atoms with Crippen molar-refractivity contribution in [3.63, 3.8) is 0 Å². The number of nitrogens with zero attached hydrogens (tertiary/aromatic N) is 2. The predicted molar refractivity (Wildman–Crippen MR) is 53.6 cm³/mol. The SMILES string of the molecule is COC(=O)/C=C(/C)c1cn(C)nc1C. The van der Waals surface area contributed by atoms with Gasteiger partial charge in [-0.2, -0.15) is 5.10 Å². The lowest BCUT2D eigenvalue weighted by Crippen LogP contribution is -1.95. The lowest BCUT2D eigenvalue weighted by atomic mass is 10.1. The number of aryl methyl sites for hydroxylation is 2. The minimum Gasteiger partial charge on any atom is -0.466 e. The van der Waals surface area contributed by atoms with Gasteiger partial charge in [-0.1, -0.05) is 0 Å². The third kappa shape index (κ3) is 2.22. The molecule has 1 heterocycles. The summed E-state index contributed by atoms with van der Waals surface area (Å²) in [5, 5.41) is 4.19. The number of carbonyl (C=O) groups excluding carboxylic acids is 1. The molecule has 0 aliphatic heterocycles. The molecular formula is C10H14N2O2. The average Bonchev–Trinajstić information content (AvgIpc) is 2.45. The van der Waals surface area contributed by atoms with E-state index in [-0.39, 0.29) is 5.97 Å². The van der Waals surface area contributed by atoms with Crippen LogP contribution in [0.3, 0.4) is 0 Å². The summed E-state index contributed by atoms with van der Waals surface area (Å²) in [4.78, 5) is 11.0. The Morgan fingerprint density at radius 1 is 1.64 bits per heavy atom. The standard InChI is InChI=1S/C10H14N2O2/c1-7(5-10(13)14-4)9-6-12(3)11-8(9)2/h5-6H,1-4H3/b7-5-. The van der Waals surface area contributed by atoms with Crippen molar-refractivity contribution >= 4 is 11.5 Å². The number of rotatable bonds is 2. The quantitative estimate of drug-likeness (QED) is 0.526. The van der Waals surface area contributed by atoms with Crippen LogP contribution in [0.2, 0.25) is 0 Å². The second-order valence-corrected chi connectivity index (χ2v) is 3.15. The highest BCUT2D eigenvalue weighted by Gasteiger charge is 2.06. The van der Waals surface area contributed by atoms with E-state index in [1.54, 1.807) is 4.68 Å². The summed E-state index contributed by atoms with van der Waals surface area (Å²) in [5.41, 5.74) is 2.74. The minimum absolute atomic E-state index is 0.342. The van der Waals surface area contributed by atoms with Crippen LogP contribution in [-0.2, 0) is 16.6 Å². The van der Waals surface area contributed by atoms with E-state index in [1.165, 1.54) is 13.2 Å². The summed E-state index contributed by atoms with van der Waals surface area (Å²) >= 11 is 0. The summed E-state index contributed by atoms with van der Waals surface area (Å²) in [6.45, 7) is 3.77. The molecule has 0 bridgehead atoms. The molecule has 0 saturated carbocycles. The summed E-state index contributed by atoms with van der Waals surface area (Å²) in [6, 6.07) is 0. The number of hydrogen-bond donors (Lipinski definition) is 0. The lowest BCUT2D eigenvalue weighted by molar-refractivity contribution is -0.134. The number of hydrogen-bond acceptors (Lipinski definition) is 3. The first-order chi connectivity index (χ1) is 6.54. The molecule has 1 aromatic rings. The van der Waals surface area contributed by atoms with Crippen LogP contribution in [0.25, 0.3) is 5.57 Å². The molecule has 0 saturated heterocycles. The molecular weight excluding hydrogens is 180 g/mol. The Hall–Kier alpha value is -1.58. The fourth-order valence-electron chi connectivity index (χ4n) is 1.30. The third-order valence-corrected chi connectivity index (χ3v) is 1.97. The zero-order valence-electron chi connectivity index (χ0n) is 8.87. The van der Waals surface area contributed by atoms with E-state index in [4.69, 9.17) is 0 Å². The highest BCUT2D eigenvalue weighted by molar-refractivity contribution is 5.90. The monoisotopic (exact) mass is 194 g/mol. The van der Waals surface area contributed by atoms with Crippen LogP contribution in [0.4, 0.5) is 0 Å². The molecule has 0 aliphatic carbocycles. The van der Waals surface area contributed by atoms with Gasteiger partial charge in [-0.25, -0.2) is 4.79 Å². The van der Waals surface area contributed by atoms with Gasteiger partial charge in [0.1, 0.15) is 0 Å². The van der Waals surface area contributed by atoms with Crippen LogP contribution in [-0.4, -0.2) is 22.9 Å². The Kier molecular flexibility index (Phi) is 3.06. The Bertz CT molecular complexity index is 377. The highest BCUT2D eigenvalue weighted by atomic mass is 16.5. The van der Waals surface area contributed by atoms with Crippen molar-refractivity contribution in [2.45, 2.75) is 13.8 Å². The molecule has 0 atom stereocenters. The molecule has 0 radical (unpaired) electrons. The maximum Gasteiger partial charge on any atom is 0.330 e. The van der Waals surface area contributed by atoms with Crippen LogP contribution in [0.1, 0.15) is 18.2 Å². The van der Waals surface area contributed by atoms with Gasteiger partial charge in [0.2, 0.25) is 0 Å². The maximum absolute atomic E-state index is 11.0. The van der Waals surface area contributed by atoms with E-state index >= 15 is 0 Å². The molecule has 0 aliphatic rings. The van der Waals surface area contributed by atoms with Gasteiger partial charge in [0.15, 0.2) is 0 Å². The van der Waals surface area contributed by atoms with Crippen molar-refractivity contribution in [3.8, 4) is 0 Å². The zero-order chi connectivity index (χ0) is 10.7. The van der Waals surface area contributed by atoms with Crippen molar-refractivity contribution in [2.75, 3.05) is 7.11 Å². The predicted octanol–water partition coefficient (Wildman–Crippen LogP) is 1.30. The van der Waals surface area contributed by atoms with Gasteiger partial charge in [0.05, 0.1) is 12.8 Å². The van der Waals surface area contributed by atoms with E-state index in [2.05, 4.69) is 9.84 Å². The van der Waals surface area contributed by atoms with Crippen LogP contribution >= 0.6 is 0 Å². The Morgan fingerprint density at radius 3 is 2.71 bits per heavy atom. The van der Waals surface area contributed by atoms with Gasteiger partial charge in [0, 0.05) is 24.9 Å². The number of aromatic nitrogens is 2. The number of allylic oxidation sites excluding steroid dienone is 1. The van der Waals surface area contributed by atoms with Gasteiger partial charge in [0.25, 0.3) is 0 Å². The smallest absolute Gasteiger partial charge is 0.330 e. The molecule has 1 aromatic heterocycles. The summed E-state index contributed by atoms with van der Waals surface area (Å²) < 4.78 is 6.27. The summed E-state index contributed by atoms with van der Waals surface area (Å²) in [7, 11) is 3.21. The first kappa shape index (κ1) is 10.5. The number of carbonyl (C=O) groups is 1. The Labute approximate surface area is 83.2 Å². The summed E-state index contributed by atoms with van der Waals surface area (Å²) in [6.07, 6.45) is 3.34. The molecule has 0 aromatic carbocycles. The molecule has 4 heteroatoms. The highest BCUT2D eigenvalue weighted by Crippen LogP contribution is 2.16. The van der Waals surface area contributed by atoms with Gasteiger partial charge >= 0.3 is 5.97 Å². The van der Waals surface area contributed by atoms with Gasteiger partial charge in [-0.05, 0) is 19.4 Å². The molecule has 14 heavy (non-hydrogen) atoms. The number of esters is 1. The van der Waals surface area contributed by atoms with E-state index in [1.807, 2.05) is 27.1 Å². The largest absolute Gasteiger partial charge is 0.466 e. The molecule has 76 valence electrons. The van der Waals surface area contributed by atoms with E-state index in [0.717, 1.165) is 16.8 Å². The average molecular weight is 194 g/mol. The number of methoxy groups -OCH3 is 1. The van der Waals surface area contributed by atoms with Gasteiger partial charge < -0.3 is 4.74 Å². The molecule has 0 N–H and O–H groups in total. The molecule has 0 spiro atoms. The second-order valence-electron chi connectivity index (χ2n) is 3.15. The first-order valence-corrected chi connectivity index (χ1v) is 4.31. The van der Waals surface area contributed by atoms with Crippen molar-refractivity contribution in [2.24, 2.45) is 7.05 Å². The van der Waals surface area contributed by atoms with E-state index in [9.17, 15) is 4.79 Å². The van der Waals surface area contributed by atoms with Crippen LogP contribution in [0.15, 0.2) is 12.3 Å². The van der Waals surface area contributed by atoms with Crippen LogP contribution in [0, 0.1) is 6.92 Å². The third-order valence-electron chi connectivity index (χ3n) is 1.97. The molecule has 1 rings (SSSR count). The van der Waals surface area contributed by atoms with Crippen LogP contribution in [0.5, 0.6) is 0 Å². The summed E-state index contributed by atoms with van der Waals surface area (Å²) in [5.74, 6) is -0.342. The fourth-order valence-corrected chi connectivity index (χ4v) is 1.30. The van der Waals surface area contributed by atoms with Gasteiger partial charge in [-0.3, -0.25) is 4.68 Å². The van der Waals surface area contributed by atoms with Crippen molar-refractivity contribution in [1.29, 1.82) is 0 Å². The minimum atomic E-state index is -0.342. The maximum atomic E-state index is 11.0. The van der Waals surface area contributed by atoms with Crippen molar-refractivity contribution < 1.29 is 9.53 Å². The second kappa shape index (κ2) is 4.09. The molecule has 0 fully saturated rings. The Balaban J connectivity index is 2.99. The van der Waals surface area contributed by atoms with Crippen molar-refractivity contribution in [1.82, 2.24) is 9.78 Å². The molecule has 4 nitrogen and oxygen atoms in total. The molecule has 0 amide bonds. The Morgan fingerprint density at radius 2 is 2.29 bits per heavy atom. The van der Waals surface area contributed by atoms with Crippen LogP contribution < -0.4 is 0 Å². The van der Waals surface area contributed by atoms with Gasteiger partial charge in [-0.15, -0.1) is 0 Å².